The van der Waals surface area contributed by atoms with Crippen LogP contribution in [0.25, 0.3) is 16.7 Å². The third kappa shape index (κ3) is 5.60. The highest BCUT2D eigenvalue weighted by Crippen LogP contribution is 2.41. The van der Waals surface area contributed by atoms with Crippen LogP contribution in [-0.4, -0.2) is 70.4 Å². The van der Waals surface area contributed by atoms with Crippen molar-refractivity contribution in [3.63, 3.8) is 0 Å². The highest BCUT2D eigenvalue weighted by atomic mass is 15.2. The fourth-order valence-electron chi connectivity index (χ4n) is 5.67. The second kappa shape index (κ2) is 10.5. The number of rotatable bonds is 7. The summed E-state index contributed by atoms with van der Waals surface area (Å²) in [5.74, 6) is 0. The summed E-state index contributed by atoms with van der Waals surface area (Å²) in [6.07, 6.45) is 6.29. The molecular formula is C31H42N4. The largest absolute Gasteiger partial charge is 0.375 e. The van der Waals surface area contributed by atoms with Gasteiger partial charge in [-0.3, -0.25) is 9.89 Å². The van der Waals surface area contributed by atoms with E-state index in [-0.39, 0.29) is 5.41 Å². The maximum atomic E-state index is 4.34. The number of benzene rings is 2. The molecule has 0 radical (unpaired) electrons. The Balaban J connectivity index is 1.59. The lowest BCUT2D eigenvalue weighted by Crippen LogP contribution is -2.45. The molecule has 4 rings (SSSR count). The molecule has 35 heavy (non-hydrogen) atoms. The van der Waals surface area contributed by atoms with Crippen LogP contribution in [-0.2, 0) is 5.41 Å². The molecule has 0 N–H and O–H groups in total. The molecule has 0 spiro atoms. The molecule has 4 nitrogen and oxygen atoms in total. The maximum absolute atomic E-state index is 4.34. The minimum Gasteiger partial charge on any atom is -0.375 e. The van der Waals surface area contributed by atoms with Gasteiger partial charge in [0.1, 0.15) is 0 Å². The Bertz CT molecular complexity index is 1100. The lowest BCUT2D eigenvalue weighted by atomic mass is 9.73. The van der Waals surface area contributed by atoms with E-state index in [1.165, 1.54) is 56.6 Å². The van der Waals surface area contributed by atoms with Gasteiger partial charge in [0.2, 0.25) is 0 Å². The van der Waals surface area contributed by atoms with E-state index < -0.39 is 0 Å². The molecule has 1 atom stereocenters. The van der Waals surface area contributed by atoms with Gasteiger partial charge in [0.15, 0.2) is 0 Å². The van der Waals surface area contributed by atoms with Gasteiger partial charge in [0.05, 0.1) is 11.4 Å². The van der Waals surface area contributed by atoms with Crippen LogP contribution in [0.2, 0.25) is 0 Å². The van der Waals surface area contributed by atoms with Crippen LogP contribution in [0.5, 0.6) is 0 Å². The zero-order chi connectivity index (χ0) is 25.2. The summed E-state index contributed by atoms with van der Waals surface area (Å²) < 4.78 is 0. The molecule has 2 aromatic rings. The highest BCUT2D eigenvalue weighted by molar-refractivity contribution is 5.88. The molecule has 0 amide bonds. The summed E-state index contributed by atoms with van der Waals surface area (Å²) in [4.78, 5) is 11.5. The predicted octanol–water partition coefficient (Wildman–Crippen LogP) is 6.40. The van der Waals surface area contributed by atoms with Crippen molar-refractivity contribution >= 4 is 23.7 Å². The summed E-state index contributed by atoms with van der Waals surface area (Å²) in [7, 11) is 6.31. The van der Waals surface area contributed by atoms with Gasteiger partial charge in [-0.05, 0) is 74.3 Å². The van der Waals surface area contributed by atoms with Crippen LogP contribution in [0.4, 0.5) is 11.4 Å². The first kappa shape index (κ1) is 25.4. The maximum Gasteiger partial charge on any atom is 0.0868 e. The first-order chi connectivity index (χ1) is 16.7. The second-order valence-electron chi connectivity index (χ2n) is 11.0. The molecule has 2 aromatic carbocycles. The van der Waals surface area contributed by atoms with E-state index >= 15 is 0 Å². The molecule has 1 heterocycles. The molecule has 1 aliphatic heterocycles. The summed E-state index contributed by atoms with van der Waals surface area (Å²) in [5, 5.41) is 0. The number of hydrogen-bond acceptors (Lipinski definition) is 4. The standard InChI is InChI=1S/C31H42N4/c1-23(2)28-19-26(20-29(32-4)30(28)33(5)6)25-10-12-27(13-11-25)31(3)14-8-9-24(21-31)22-35-17-15-34(7)16-18-35/h10-13,19-21H,1,4,8-9,14-18,22H2,2-3,5-7H3. The van der Waals surface area contributed by atoms with Crippen molar-refractivity contribution in [1.82, 2.24) is 9.80 Å². The Hall–Kier alpha value is -2.69. The molecule has 1 unspecified atom stereocenters. The minimum absolute atomic E-state index is 0.101. The number of allylic oxidation sites excluding steroid dienone is 2. The van der Waals surface area contributed by atoms with Gasteiger partial charge in [-0.2, -0.15) is 0 Å². The van der Waals surface area contributed by atoms with Gasteiger partial charge in [0, 0.05) is 57.8 Å². The van der Waals surface area contributed by atoms with Crippen LogP contribution in [0.15, 0.2) is 59.6 Å². The van der Waals surface area contributed by atoms with Gasteiger partial charge in [0.25, 0.3) is 0 Å². The number of piperazine rings is 1. The molecule has 4 heteroatoms. The van der Waals surface area contributed by atoms with Crippen LogP contribution in [0.1, 0.15) is 44.2 Å². The number of anilines is 1. The summed E-state index contributed by atoms with van der Waals surface area (Å²) in [5.41, 5.74) is 9.59. The van der Waals surface area contributed by atoms with Crippen molar-refractivity contribution in [2.24, 2.45) is 4.99 Å². The Morgan fingerprint density at radius 3 is 2.34 bits per heavy atom. The lowest BCUT2D eigenvalue weighted by Gasteiger charge is -2.36. The monoisotopic (exact) mass is 470 g/mol. The molecule has 0 bridgehead atoms. The molecule has 2 aliphatic rings. The summed E-state index contributed by atoms with van der Waals surface area (Å²) in [6.45, 7) is 18.4. The topological polar surface area (TPSA) is 22.1 Å². The van der Waals surface area contributed by atoms with Crippen molar-refractivity contribution in [3.05, 3.63) is 65.8 Å². The van der Waals surface area contributed by atoms with Crippen molar-refractivity contribution in [2.75, 3.05) is 58.8 Å². The molecule has 0 aromatic heterocycles. The van der Waals surface area contributed by atoms with Crippen LogP contribution in [0.3, 0.4) is 0 Å². The van der Waals surface area contributed by atoms with Gasteiger partial charge >= 0.3 is 0 Å². The number of aliphatic imine (C=N–C) groups is 1. The Labute approximate surface area is 212 Å². The Morgan fingerprint density at radius 1 is 1.06 bits per heavy atom. The zero-order valence-electron chi connectivity index (χ0n) is 22.4. The van der Waals surface area contributed by atoms with E-state index in [4.69, 9.17) is 0 Å². The fraction of sp³-hybridized carbons (Fsp3) is 0.452. The van der Waals surface area contributed by atoms with Gasteiger partial charge in [-0.1, -0.05) is 49.4 Å². The number of nitrogens with zero attached hydrogens (tertiary/aromatic N) is 4. The fourth-order valence-corrected chi connectivity index (χ4v) is 5.67. The zero-order valence-corrected chi connectivity index (χ0v) is 22.4. The summed E-state index contributed by atoms with van der Waals surface area (Å²) in [6, 6.07) is 13.6. The number of hydrogen-bond donors (Lipinski definition) is 0. The molecule has 1 fully saturated rings. The van der Waals surface area contributed by atoms with E-state index in [2.05, 4.69) is 96.4 Å². The molecule has 186 valence electrons. The normalized spacial score (nSPS) is 21.5. The van der Waals surface area contributed by atoms with E-state index in [1.807, 2.05) is 14.1 Å². The van der Waals surface area contributed by atoms with Crippen LogP contribution < -0.4 is 4.90 Å². The third-order valence-corrected chi connectivity index (χ3v) is 7.78. The lowest BCUT2D eigenvalue weighted by molar-refractivity contribution is 0.162. The average molecular weight is 471 g/mol. The first-order valence-electron chi connectivity index (χ1n) is 12.9. The van der Waals surface area contributed by atoms with Gasteiger partial charge in [-0.15, -0.1) is 0 Å². The van der Waals surface area contributed by atoms with Crippen LogP contribution >= 0.6 is 0 Å². The van der Waals surface area contributed by atoms with Crippen molar-refractivity contribution in [3.8, 4) is 11.1 Å². The SMILES string of the molecule is C=Nc1cc(-c2ccc(C3(C)C=C(CN4CCN(C)CC4)CCC3)cc2)cc(C(=C)C)c1N(C)C. The van der Waals surface area contributed by atoms with E-state index in [0.717, 1.165) is 34.6 Å². The highest BCUT2D eigenvalue weighted by Gasteiger charge is 2.29. The van der Waals surface area contributed by atoms with Crippen molar-refractivity contribution in [2.45, 2.75) is 38.5 Å². The molecule has 1 aliphatic carbocycles. The summed E-state index contributed by atoms with van der Waals surface area (Å²) >= 11 is 0. The predicted molar refractivity (Wildman–Crippen MR) is 153 cm³/mol. The van der Waals surface area contributed by atoms with E-state index in [1.54, 1.807) is 5.57 Å². The molecular weight excluding hydrogens is 428 g/mol. The van der Waals surface area contributed by atoms with Crippen LogP contribution in [0, 0.1) is 0 Å². The average Bonchev–Trinajstić information content (AvgIpc) is 2.84. The second-order valence-corrected chi connectivity index (χ2v) is 11.0. The number of likely N-dealkylation sites (N-methyl/N-ethyl adjacent to an activating group) is 1. The Morgan fingerprint density at radius 2 is 1.74 bits per heavy atom. The van der Waals surface area contributed by atoms with Gasteiger partial charge in [-0.25, -0.2) is 0 Å². The van der Waals surface area contributed by atoms with E-state index in [9.17, 15) is 0 Å². The van der Waals surface area contributed by atoms with Gasteiger partial charge < -0.3 is 9.80 Å². The first-order valence-corrected chi connectivity index (χ1v) is 12.9. The minimum atomic E-state index is 0.101. The quantitative estimate of drug-likeness (QED) is 0.345. The van der Waals surface area contributed by atoms with E-state index in [0.29, 0.717) is 0 Å². The smallest absolute Gasteiger partial charge is 0.0868 e. The molecule has 0 saturated carbocycles. The molecule has 1 saturated heterocycles. The Kier molecular flexibility index (Phi) is 7.63. The van der Waals surface area contributed by atoms with Crippen molar-refractivity contribution < 1.29 is 0 Å². The van der Waals surface area contributed by atoms with Crippen molar-refractivity contribution in [1.29, 1.82) is 0 Å². The third-order valence-electron chi connectivity index (χ3n) is 7.78.